The van der Waals surface area contributed by atoms with Crippen LogP contribution in [0.5, 0.6) is 0 Å². The van der Waals surface area contributed by atoms with Crippen LogP contribution in [0.1, 0.15) is 24.6 Å². The van der Waals surface area contributed by atoms with Crippen molar-refractivity contribution in [1.82, 2.24) is 20.0 Å². The SMILES string of the molecule is O=C1N[C@H](C(=O)N2CCC[C@@H](n3ccc(C(F)(F)F)n3)C2)CS1. The zero-order chi connectivity index (χ0) is 16.6. The van der Waals surface area contributed by atoms with Gasteiger partial charge in [0.05, 0.1) is 6.04 Å². The monoisotopic (exact) mass is 348 g/mol. The summed E-state index contributed by atoms with van der Waals surface area (Å²) in [7, 11) is 0. The number of thioether (sulfide) groups is 1. The first kappa shape index (κ1) is 16.2. The number of halogens is 3. The molecule has 2 fully saturated rings. The lowest BCUT2D eigenvalue weighted by atomic mass is 10.1. The van der Waals surface area contributed by atoms with Crippen LogP contribution in [0.3, 0.4) is 0 Å². The van der Waals surface area contributed by atoms with Gasteiger partial charge in [-0.25, -0.2) is 0 Å². The minimum Gasteiger partial charge on any atom is -0.339 e. The van der Waals surface area contributed by atoms with Crippen molar-refractivity contribution in [2.75, 3.05) is 18.8 Å². The highest BCUT2D eigenvalue weighted by atomic mass is 32.2. The fourth-order valence-electron chi connectivity index (χ4n) is 2.80. The lowest BCUT2D eigenvalue weighted by Crippen LogP contribution is -2.49. The molecular formula is C13H15F3N4O2S. The van der Waals surface area contributed by atoms with Crippen molar-refractivity contribution in [2.45, 2.75) is 31.1 Å². The normalized spacial score (nSPS) is 25.5. The van der Waals surface area contributed by atoms with Crippen LogP contribution in [0, 0.1) is 0 Å². The van der Waals surface area contributed by atoms with Crippen molar-refractivity contribution >= 4 is 22.9 Å². The molecular weight excluding hydrogens is 333 g/mol. The summed E-state index contributed by atoms with van der Waals surface area (Å²) in [6.07, 6.45) is -1.82. The number of likely N-dealkylation sites (tertiary alicyclic amines) is 1. The Kier molecular flexibility index (Phi) is 4.26. The largest absolute Gasteiger partial charge is 0.435 e. The van der Waals surface area contributed by atoms with Gasteiger partial charge in [0.1, 0.15) is 6.04 Å². The van der Waals surface area contributed by atoms with E-state index in [4.69, 9.17) is 0 Å². The predicted molar refractivity (Wildman–Crippen MR) is 76.9 cm³/mol. The molecule has 126 valence electrons. The zero-order valence-electron chi connectivity index (χ0n) is 12.0. The van der Waals surface area contributed by atoms with Crippen LogP contribution in [0.25, 0.3) is 0 Å². The van der Waals surface area contributed by atoms with Gasteiger partial charge < -0.3 is 10.2 Å². The highest BCUT2D eigenvalue weighted by Crippen LogP contribution is 2.29. The van der Waals surface area contributed by atoms with Crippen molar-refractivity contribution in [3.05, 3.63) is 18.0 Å². The topological polar surface area (TPSA) is 67.2 Å². The maximum absolute atomic E-state index is 12.6. The minimum atomic E-state index is -4.47. The summed E-state index contributed by atoms with van der Waals surface area (Å²) in [5.41, 5.74) is -0.930. The quantitative estimate of drug-likeness (QED) is 0.886. The van der Waals surface area contributed by atoms with E-state index in [-0.39, 0.29) is 17.2 Å². The third-order valence-corrected chi connectivity index (χ3v) is 4.83. The second-order valence-corrected chi connectivity index (χ2v) is 6.55. The van der Waals surface area contributed by atoms with Crippen molar-refractivity contribution in [3.63, 3.8) is 0 Å². The van der Waals surface area contributed by atoms with Gasteiger partial charge in [-0.15, -0.1) is 0 Å². The van der Waals surface area contributed by atoms with Gasteiger partial charge >= 0.3 is 6.18 Å². The van der Waals surface area contributed by atoms with Crippen molar-refractivity contribution in [1.29, 1.82) is 0 Å². The van der Waals surface area contributed by atoms with Crippen LogP contribution in [0.2, 0.25) is 0 Å². The van der Waals surface area contributed by atoms with Gasteiger partial charge in [-0.1, -0.05) is 11.8 Å². The number of hydrogen-bond donors (Lipinski definition) is 1. The average molecular weight is 348 g/mol. The van der Waals surface area contributed by atoms with Gasteiger partial charge in [0.2, 0.25) is 5.91 Å². The molecule has 2 amide bonds. The number of piperidine rings is 1. The first-order valence-corrected chi connectivity index (χ1v) is 8.17. The molecule has 0 aromatic carbocycles. The smallest absolute Gasteiger partial charge is 0.339 e. The van der Waals surface area contributed by atoms with E-state index in [2.05, 4.69) is 10.4 Å². The summed E-state index contributed by atoms with van der Waals surface area (Å²) in [6, 6.07) is 0.109. The van der Waals surface area contributed by atoms with E-state index in [9.17, 15) is 22.8 Å². The number of alkyl halides is 3. The molecule has 10 heteroatoms. The lowest BCUT2D eigenvalue weighted by Gasteiger charge is -2.34. The Hall–Kier alpha value is -1.71. The molecule has 0 aliphatic carbocycles. The molecule has 2 aliphatic heterocycles. The summed E-state index contributed by atoms with van der Waals surface area (Å²) in [5, 5.41) is 5.96. The fraction of sp³-hybridized carbons (Fsp3) is 0.615. The molecule has 1 aromatic heterocycles. The molecule has 3 rings (SSSR count). The van der Waals surface area contributed by atoms with Crippen molar-refractivity contribution in [3.8, 4) is 0 Å². The van der Waals surface area contributed by atoms with Gasteiger partial charge in [-0.2, -0.15) is 18.3 Å². The Labute approximate surface area is 134 Å². The van der Waals surface area contributed by atoms with E-state index in [0.717, 1.165) is 17.8 Å². The van der Waals surface area contributed by atoms with E-state index in [0.29, 0.717) is 31.7 Å². The molecule has 0 spiro atoms. The number of carbonyl (C=O) groups is 2. The molecule has 0 bridgehead atoms. The second kappa shape index (κ2) is 6.06. The fourth-order valence-corrected chi connectivity index (χ4v) is 3.57. The Balaban J connectivity index is 1.67. The standard InChI is InChI=1S/C13H15F3N4O2S/c14-13(15,16)10-3-5-20(18-10)8-2-1-4-19(6-8)11(21)9-7-23-12(22)17-9/h3,5,8-9H,1-2,4,6-7H2,(H,17,22)/t8-,9+/m1/s1. The Bertz CT molecular complexity index is 619. The molecule has 6 nitrogen and oxygen atoms in total. The Morgan fingerprint density at radius 2 is 2.22 bits per heavy atom. The lowest BCUT2D eigenvalue weighted by molar-refractivity contribution is -0.142. The average Bonchev–Trinajstić information content (AvgIpc) is 3.15. The van der Waals surface area contributed by atoms with E-state index in [1.54, 1.807) is 4.90 Å². The van der Waals surface area contributed by atoms with Crippen LogP contribution in [-0.2, 0) is 11.0 Å². The molecule has 2 atom stereocenters. The number of nitrogens with zero attached hydrogens (tertiary/aromatic N) is 3. The molecule has 0 radical (unpaired) electrons. The van der Waals surface area contributed by atoms with Gasteiger partial charge in [0.25, 0.3) is 5.24 Å². The van der Waals surface area contributed by atoms with Crippen LogP contribution < -0.4 is 5.32 Å². The molecule has 1 N–H and O–H groups in total. The molecule has 1 aromatic rings. The van der Waals surface area contributed by atoms with Crippen LogP contribution in [0.15, 0.2) is 12.3 Å². The highest BCUT2D eigenvalue weighted by Gasteiger charge is 2.36. The van der Waals surface area contributed by atoms with Crippen LogP contribution in [0.4, 0.5) is 18.0 Å². The van der Waals surface area contributed by atoms with Crippen LogP contribution >= 0.6 is 11.8 Å². The molecule has 0 unspecified atom stereocenters. The van der Waals surface area contributed by atoms with Crippen molar-refractivity contribution in [2.24, 2.45) is 0 Å². The van der Waals surface area contributed by atoms with Gasteiger partial charge in [-0.3, -0.25) is 14.3 Å². The van der Waals surface area contributed by atoms with Crippen molar-refractivity contribution < 1.29 is 22.8 Å². The Morgan fingerprint density at radius 1 is 1.43 bits per heavy atom. The number of amides is 2. The molecule has 3 heterocycles. The maximum atomic E-state index is 12.6. The number of aromatic nitrogens is 2. The minimum absolute atomic E-state index is 0.184. The molecule has 0 saturated carbocycles. The number of hydrogen-bond acceptors (Lipinski definition) is 4. The zero-order valence-corrected chi connectivity index (χ0v) is 12.9. The predicted octanol–water partition coefficient (Wildman–Crippen LogP) is 1.89. The third kappa shape index (κ3) is 3.46. The second-order valence-electron chi connectivity index (χ2n) is 5.55. The summed E-state index contributed by atoms with van der Waals surface area (Å²) in [5.74, 6) is 0.204. The molecule has 2 saturated heterocycles. The van der Waals surface area contributed by atoms with E-state index in [1.165, 1.54) is 10.9 Å². The van der Waals surface area contributed by atoms with E-state index >= 15 is 0 Å². The first-order chi connectivity index (χ1) is 10.8. The molecule has 23 heavy (non-hydrogen) atoms. The van der Waals surface area contributed by atoms with Crippen LogP contribution in [-0.4, -0.2) is 50.7 Å². The molecule has 2 aliphatic rings. The highest BCUT2D eigenvalue weighted by molar-refractivity contribution is 8.14. The van der Waals surface area contributed by atoms with Gasteiger partial charge in [-0.05, 0) is 18.9 Å². The Morgan fingerprint density at radius 3 is 2.83 bits per heavy atom. The summed E-state index contributed by atoms with van der Waals surface area (Å²) >= 11 is 1.06. The summed E-state index contributed by atoms with van der Waals surface area (Å²) < 4.78 is 39.2. The summed E-state index contributed by atoms with van der Waals surface area (Å²) in [6.45, 7) is 0.842. The summed E-state index contributed by atoms with van der Waals surface area (Å²) in [4.78, 5) is 25.2. The van der Waals surface area contributed by atoms with Gasteiger partial charge in [0, 0.05) is 25.0 Å². The number of nitrogens with one attached hydrogen (secondary N) is 1. The number of carbonyl (C=O) groups excluding carboxylic acids is 2. The van der Waals surface area contributed by atoms with Gasteiger partial charge in [0.15, 0.2) is 5.69 Å². The maximum Gasteiger partial charge on any atom is 0.435 e. The third-order valence-electron chi connectivity index (χ3n) is 3.95. The van der Waals surface area contributed by atoms with E-state index in [1.807, 2.05) is 0 Å². The van der Waals surface area contributed by atoms with E-state index < -0.39 is 17.9 Å². The number of rotatable bonds is 2. The first-order valence-electron chi connectivity index (χ1n) is 7.19.